The molecule has 1 saturated heterocycles. The van der Waals surface area contributed by atoms with E-state index in [1.807, 2.05) is 6.07 Å². The number of carbonyl (C=O) groups excluding carboxylic acids is 2. The van der Waals surface area contributed by atoms with Crippen LogP contribution in [-0.4, -0.2) is 139 Å². The minimum absolute atomic E-state index is 0. The van der Waals surface area contributed by atoms with E-state index in [4.69, 9.17) is 32.6 Å². The molecule has 1 aromatic carbocycles. The van der Waals surface area contributed by atoms with Crippen LogP contribution in [0.25, 0.3) is 4.85 Å². The van der Waals surface area contributed by atoms with Gasteiger partial charge in [-0.05, 0) is 145 Å². The number of alkyl halides is 9. The second kappa shape index (κ2) is 31.3. The van der Waals surface area contributed by atoms with Gasteiger partial charge in [0.15, 0.2) is 5.78 Å². The topological polar surface area (TPSA) is 121 Å². The summed E-state index contributed by atoms with van der Waals surface area (Å²) in [6.07, 6.45) is -13.3. The number of hydrogen-bond donors (Lipinski definition) is 1. The van der Waals surface area contributed by atoms with Gasteiger partial charge < -0.3 is 51.8 Å². The summed E-state index contributed by atoms with van der Waals surface area (Å²) < 4.78 is 166. The van der Waals surface area contributed by atoms with Crippen molar-refractivity contribution in [2.45, 2.75) is 204 Å². The molecule has 0 radical (unpaired) electrons. The smallest absolute Gasteiger partial charge is 0.525 e. The van der Waals surface area contributed by atoms with E-state index in [0.29, 0.717) is 49.2 Å². The average Bonchev–Trinajstić information content (AvgIpc) is 2.66. The molecular formula is C55H81F9N3O9PS2U. The summed E-state index contributed by atoms with van der Waals surface area (Å²) in [5.74, 6) is 2.44. The van der Waals surface area contributed by atoms with E-state index in [9.17, 15) is 49.1 Å². The third-order valence-corrected chi connectivity index (χ3v) is 20.4. The van der Waals surface area contributed by atoms with Crippen LogP contribution in [0.5, 0.6) is 5.75 Å². The van der Waals surface area contributed by atoms with Crippen molar-refractivity contribution in [1.82, 2.24) is 9.57 Å². The predicted molar refractivity (Wildman–Crippen MR) is 289 cm³/mol. The first kappa shape index (κ1) is 69.4. The van der Waals surface area contributed by atoms with Crippen molar-refractivity contribution in [3.63, 3.8) is 0 Å². The van der Waals surface area contributed by atoms with Crippen LogP contribution >= 0.6 is 30.1 Å². The number of aliphatic hydroxyl groups excluding tert-OH is 1. The number of halogens is 9. The number of carbonyl (C=O) groups is 2. The first-order chi connectivity index (χ1) is 37.9. The summed E-state index contributed by atoms with van der Waals surface area (Å²) in [6.45, 7) is 28.5. The molecule has 80 heavy (non-hydrogen) atoms. The molecule has 1 N–H and O–H groups in total. The molecule has 3 fully saturated rings. The molecule has 454 valence electrons. The summed E-state index contributed by atoms with van der Waals surface area (Å²) in [5.41, 5.74) is -3.26. The van der Waals surface area contributed by atoms with E-state index in [1.54, 1.807) is 27.8 Å². The normalized spacial score (nSPS) is 25.9. The van der Waals surface area contributed by atoms with Crippen LogP contribution in [0.4, 0.5) is 39.5 Å². The van der Waals surface area contributed by atoms with Gasteiger partial charge in [0.2, 0.25) is 13.9 Å². The summed E-state index contributed by atoms with van der Waals surface area (Å²) in [4.78, 5) is 30.4. The summed E-state index contributed by atoms with van der Waals surface area (Å²) in [5, 5.41) is 4.68. The monoisotopic (exact) mass is 1430 g/mol. The Balaban J connectivity index is 0.000000413. The first-order valence-electron chi connectivity index (χ1n) is 28.0. The number of allylic oxidation sites excluding steroid dienone is 1. The fraction of sp³-hybridized carbons (Fsp3) is 0.764. The summed E-state index contributed by atoms with van der Waals surface area (Å²) in [7, 11) is 3.25. The number of nitrogens with zero attached hydrogens (tertiary/aromatic N) is 3. The third kappa shape index (κ3) is 18.1. The van der Waals surface area contributed by atoms with Crippen LogP contribution in [0, 0.1) is 68.8 Å². The van der Waals surface area contributed by atoms with Crippen molar-refractivity contribution in [2.75, 3.05) is 45.3 Å². The third-order valence-electron chi connectivity index (χ3n) is 15.0. The van der Waals surface area contributed by atoms with E-state index < -0.39 is 64.1 Å². The minimum atomic E-state index is -6.73. The van der Waals surface area contributed by atoms with Crippen LogP contribution < -0.4 is 4.74 Å². The Labute approximate surface area is 503 Å². The molecule has 5 aliphatic rings. The van der Waals surface area contributed by atoms with Gasteiger partial charge in [0.1, 0.15) is 24.7 Å². The molecule has 2 aliphatic heterocycles. The number of rotatable bonds is 26. The van der Waals surface area contributed by atoms with Crippen molar-refractivity contribution in [1.29, 1.82) is 1.43 Å². The van der Waals surface area contributed by atoms with Crippen molar-refractivity contribution in [2.24, 2.45) is 17.3 Å². The molecule has 9 atom stereocenters. The van der Waals surface area contributed by atoms with Gasteiger partial charge in [0, 0.05) is 44.0 Å². The zero-order chi connectivity index (χ0) is 60.7. The number of Topliss-reactive ketones (excluding diaryl/α,β-unsaturated/α-hetero) is 1. The van der Waals surface area contributed by atoms with Crippen LogP contribution in [0.15, 0.2) is 30.0 Å². The second-order valence-corrected chi connectivity index (χ2v) is 26.4. The van der Waals surface area contributed by atoms with Gasteiger partial charge >= 0.3 is 55.2 Å². The van der Waals surface area contributed by atoms with Crippen LogP contribution in [0.1, 0.15) is 145 Å². The summed E-state index contributed by atoms with van der Waals surface area (Å²) >= 11 is 0. The van der Waals surface area contributed by atoms with E-state index in [1.165, 1.54) is 23.4 Å². The Kier molecular flexibility index (Phi) is 27.2. The maximum Gasteiger partial charge on any atom is 2.00 e. The molecule has 2 saturated carbocycles. The Morgan fingerprint density at radius 1 is 1.01 bits per heavy atom. The number of amides is 1. The number of aliphatic hydroxyl groups is 1. The van der Waals surface area contributed by atoms with Gasteiger partial charge in [-0.2, -0.15) is 39.5 Å². The standard InChI is InChI=1S/C27H32F9O3.C27H45N3O6PS2.CH4.U/c1-3-37-17-6-8-18-16(15-17)5-7-20-19(18)11-12-23(2)21(20)9-10-22(23)38-13-4-14-39-24(25(28,29)30,26(31,32)33)27(34,35)36;1-19(2)30(20(3)4)37(34-13-12-28-8)36-23-16-26(35-24(23)18-31)29-17-21(22(32)15-25(29)33)11-9-10-14-38-39-27(5,6)7;;/h6,8,15,19-22H,1,3-5,7,9-14H2,2H3;17,19-20,23-24,26,31H,5,9-16,18H2,1-4,6-7H3;1H4;/q2*-1;;+2/i;31D;1T;. The number of aryl methyl sites for hydroxylation is 1. The molecule has 1 aromatic rings. The SMILES string of the molecule is [2H]OCC1OC(N2C=C(CCCCSSC([CH2-])(C)C)C(=O)CC2=O)CC1OP(OCC[N+]#[C-])N(C(C)C)C(C)C.[3H]C.[CH2-]COc1ccc2c(c1)CCC1C2CCC2(C)C(OCCCOC(C(F)(F)F)(C(F)(F)F)C(F)(F)F)CCC12.[U+2]. The molecule has 9 unspecified atom stereocenters. The maximum atomic E-state index is 13.0. The molecule has 0 spiro atoms. The van der Waals surface area contributed by atoms with Crippen molar-refractivity contribution in [3.8, 4) is 5.75 Å². The average molecular weight is 1440 g/mol. The zero-order valence-electron chi connectivity index (χ0n) is 49.0. The van der Waals surface area contributed by atoms with Gasteiger partial charge in [-0.3, -0.25) is 14.5 Å². The molecule has 0 bridgehead atoms. The maximum absolute atomic E-state index is 13.0. The summed E-state index contributed by atoms with van der Waals surface area (Å²) in [6, 6.07) is 6.40. The largest absolute Gasteiger partial charge is 2.00 e. The van der Waals surface area contributed by atoms with Gasteiger partial charge in [-0.25, -0.2) is 11.2 Å². The first-order valence-corrected chi connectivity index (χ1v) is 30.1. The van der Waals surface area contributed by atoms with Gasteiger partial charge in [-0.15, -0.1) is 15.5 Å². The van der Waals surface area contributed by atoms with Crippen LogP contribution in [0.3, 0.4) is 0 Å². The van der Waals surface area contributed by atoms with Gasteiger partial charge in [0.25, 0.3) is 8.53 Å². The number of benzene rings is 1. The molecule has 2 heterocycles. The molecule has 0 aromatic heterocycles. The fourth-order valence-corrected chi connectivity index (χ4v) is 15.6. The quantitative estimate of drug-likeness (QED) is 0.0237. The number of ketones is 1. The van der Waals surface area contributed by atoms with E-state index in [0.717, 1.165) is 56.4 Å². The number of ether oxygens (including phenoxy) is 4. The number of fused-ring (bicyclic) bond motifs is 5. The predicted octanol–water partition coefficient (Wildman–Crippen LogP) is 14.2. The minimum Gasteiger partial charge on any atom is -0.525 e. The molecule has 6 rings (SSSR count). The van der Waals surface area contributed by atoms with Crippen molar-refractivity contribution >= 4 is 41.8 Å². The Hall–Kier alpha value is -1.34. The Morgan fingerprint density at radius 3 is 2.29 bits per heavy atom. The zero-order valence-corrected chi connectivity index (χ0v) is 53.7. The van der Waals surface area contributed by atoms with Crippen molar-refractivity contribution < 1.29 is 115 Å². The van der Waals surface area contributed by atoms with E-state index in [2.05, 4.69) is 93.8 Å². The fourth-order valence-electron chi connectivity index (χ4n) is 11.5. The second-order valence-electron chi connectivity index (χ2n) is 21.9. The Morgan fingerprint density at radius 2 is 1.69 bits per heavy atom. The van der Waals surface area contributed by atoms with Gasteiger partial charge in [-0.1, -0.05) is 45.0 Å². The number of unbranched alkanes of at least 4 members (excludes halogenated alkanes) is 1. The van der Waals surface area contributed by atoms with Crippen LogP contribution in [0.2, 0.25) is 0 Å². The Bertz CT molecular complexity index is 2190. The van der Waals surface area contributed by atoms with E-state index in [-0.39, 0.29) is 104 Å². The van der Waals surface area contributed by atoms with E-state index >= 15 is 0 Å². The molecule has 25 heteroatoms. The van der Waals surface area contributed by atoms with Gasteiger partial charge in [0.05, 0.1) is 31.8 Å². The molecule has 1 amide bonds. The molecule has 12 nitrogen and oxygen atoms in total. The number of hydrogen-bond acceptors (Lipinski definition) is 12. The van der Waals surface area contributed by atoms with Crippen LogP contribution in [-0.2, 0) is 39.3 Å². The molecule has 3 aliphatic carbocycles. The molecular weight excluding hydrogens is 1350 g/mol. The van der Waals surface area contributed by atoms with Crippen molar-refractivity contribution in [3.05, 3.63) is 66.4 Å².